The SMILES string of the molecule is OCC1CN(CC(Cl)=CCl)CCO1. The first-order valence-electron chi connectivity index (χ1n) is 4.16. The minimum Gasteiger partial charge on any atom is -0.394 e. The van der Waals surface area contributed by atoms with Crippen molar-refractivity contribution in [3.8, 4) is 0 Å². The summed E-state index contributed by atoms with van der Waals surface area (Å²) in [4.78, 5) is 2.10. The predicted octanol–water partition coefficient (Wildman–Crippen LogP) is 0.999. The van der Waals surface area contributed by atoms with Crippen LogP contribution in [0.1, 0.15) is 0 Å². The highest BCUT2D eigenvalue weighted by Crippen LogP contribution is 2.10. The molecule has 1 unspecified atom stereocenters. The maximum absolute atomic E-state index is 8.87. The third-order valence-electron chi connectivity index (χ3n) is 1.92. The van der Waals surface area contributed by atoms with Gasteiger partial charge in [0.1, 0.15) is 0 Å². The Kier molecular flexibility index (Phi) is 5.06. The van der Waals surface area contributed by atoms with Gasteiger partial charge in [0, 0.05) is 30.2 Å². The van der Waals surface area contributed by atoms with Crippen molar-refractivity contribution < 1.29 is 9.84 Å². The van der Waals surface area contributed by atoms with E-state index in [1.54, 1.807) is 0 Å². The lowest BCUT2D eigenvalue weighted by Crippen LogP contribution is -2.44. The highest BCUT2D eigenvalue weighted by molar-refractivity contribution is 6.36. The van der Waals surface area contributed by atoms with Crippen LogP contribution < -0.4 is 0 Å². The van der Waals surface area contributed by atoms with Gasteiger partial charge in [0.2, 0.25) is 0 Å². The van der Waals surface area contributed by atoms with E-state index in [9.17, 15) is 0 Å². The minimum atomic E-state index is -0.0893. The minimum absolute atomic E-state index is 0.0543. The quantitative estimate of drug-likeness (QED) is 0.779. The Morgan fingerprint density at radius 1 is 1.69 bits per heavy atom. The van der Waals surface area contributed by atoms with Gasteiger partial charge in [0.25, 0.3) is 0 Å². The van der Waals surface area contributed by atoms with Crippen LogP contribution >= 0.6 is 23.2 Å². The Bertz CT molecular complexity index is 187. The Morgan fingerprint density at radius 3 is 3.08 bits per heavy atom. The molecule has 0 aromatic carbocycles. The zero-order valence-electron chi connectivity index (χ0n) is 7.25. The molecule has 0 saturated carbocycles. The molecule has 1 atom stereocenters. The summed E-state index contributed by atoms with van der Waals surface area (Å²) in [7, 11) is 0. The monoisotopic (exact) mass is 225 g/mol. The van der Waals surface area contributed by atoms with Crippen LogP contribution in [0.5, 0.6) is 0 Å². The van der Waals surface area contributed by atoms with Crippen LogP contribution in [0.4, 0.5) is 0 Å². The average Bonchev–Trinajstić information content (AvgIpc) is 2.18. The van der Waals surface area contributed by atoms with Crippen molar-refractivity contribution >= 4 is 23.2 Å². The molecule has 0 radical (unpaired) electrons. The number of nitrogens with zero attached hydrogens (tertiary/aromatic N) is 1. The van der Waals surface area contributed by atoms with Crippen molar-refractivity contribution in [3.05, 3.63) is 10.6 Å². The summed E-state index contributed by atoms with van der Waals surface area (Å²) >= 11 is 11.2. The van der Waals surface area contributed by atoms with Crippen LogP contribution in [-0.4, -0.2) is 49.0 Å². The normalized spacial score (nSPS) is 26.4. The average molecular weight is 226 g/mol. The topological polar surface area (TPSA) is 32.7 Å². The van der Waals surface area contributed by atoms with Crippen LogP contribution in [0.2, 0.25) is 0 Å². The number of halogens is 2. The molecule has 1 heterocycles. The zero-order chi connectivity index (χ0) is 9.68. The Balaban J connectivity index is 2.34. The first-order valence-corrected chi connectivity index (χ1v) is 4.97. The lowest BCUT2D eigenvalue weighted by molar-refractivity contribution is -0.0497. The van der Waals surface area contributed by atoms with Crippen molar-refractivity contribution in [2.75, 3.05) is 32.8 Å². The van der Waals surface area contributed by atoms with E-state index in [1.807, 2.05) is 0 Å². The molecule has 0 aromatic rings. The predicted molar refractivity (Wildman–Crippen MR) is 53.1 cm³/mol. The van der Waals surface area contributed by atoms with Gasteiger partial charge in [-0.1, -0.05) is 23.2 Å². The van der Waals surface area contributed by atoms with Gasteiger partial charge in [-0.2, -0.15) is 0 Å². The summed E-state index contributed by atoms with van der Waals surface area (Å²) in [5.41, 5.74) is 1.37. The van der Waals surface area contributed by atoms with Crippen molar-refractivity contribution in [1.82, 2.24) is 4.90 Å². The molecule has 1 N–H and O–H groups in total. The van der Waals surface area contributed by atoms with Crippen LogP contribution in [0.25, 0.3) is 0 Å². The highest BCUT2D eigenvalue weighted by Gasteiger charge is 2.19. The maximum Gasteiger partial charge on any atom is 0.0933 e. The number of morpholine rings is 1. The molecule has 1 aliphatic heterocycles. The molecule has 0 amide bonds. The number of aliphatic hydroxyl groups excluding tert-OH is 1. The van der Waals surface area contributed by atoms with Crippen molar-refractivity contribution in [2.45, 2.75) is 6.10 Å². The fourth-order valence-electron chi connectivity index (χ4n) is 1.28. The zero-order valence-corrected chi connectivity index (χ0v) is 8.76. The molecular weight excluding hydrogens is 213 g/mol. The first kappa shape index (κ1) is 11.3. The number of hydrogen-bond donors (Lipinski definition) is 1. The summed E-state index contributed by atoms with van der Waals surface area (Å²) in [5, 5.41) is 9.49. The standard InChI is InChI=1S/C8H13Cl2NO2/c9-3-7(10)4-11-1-2-13-8(5-11)6-12/h3,8,12H,1-2,4-6H2. The summed E-state index contributed by atoms with van der Waals surface area (Å²) in [6.07, 6.45) is -0.0893. The Hall–Kier alpha value is 0.200. The molecule has 1 aliphatic rings. The second kappa shape index (κ2) is 5.83. The second-order valence-electron chi connectivity index (χ2n) is 2.97. The van der Waals surface area contributed by atoms with Crippen LogP contribution in [0.3, 0.4) is 0 Å². The number of aliphatic hydroxyl groups is 1. The molecule has 5 heteroatoms. The molecule has 1 rings (SSSR count). The van der Waals surface area contributed by atoms with Crippen LogP contribution in [-0.2, 0) is 4.74 Å². The smallest absolute Gasteiger partial charge is 0.0933 e. The summed E-state index contributed by atoms with van der Waals surface area (Å²) in [6, 6.07) is 0. The van der Waals surface area contributed by atoms with E-state index in [0.717, 1.165) is 6.54 Å². The fourth-order valence-corrected chi connectivity index (χ4v) is 1.52. The lowest BCUT2D eigenvalue weighted by Gasteiger charge is -2.31. The van der Waals surface area contributed by atoms with Gasteiger partial charge >= 0.3 is 0 Å². The van der Waals surface area contributed by atoms with E-state index in [4.69, 9.17) is 33.0 Å². The molecule has 1 fully saturated rings. The van der Waals surface area contributed by atoms with E-state index in [1.165, 1.54) is 5.54 Å². The molecule has 0 aromatic heterocycles. The molecule has 0 spiro atoms. The van der Waals surface area contributed by atoms with E-state index >= 15 is 0 Å². The van der Waals surface area contributed by atoms with E-state index in [0.29, 0.717) is 24.7 Å². The first-order chi connectivity index (χ1) is 6.26. The molecule has 0 aliphatic carbocycles. The number of hydrogen-bond acceptors (Lipinski definition) is 3. The van der Waals surface area contributed by atoms with Gasteiger partial charge in [-0.05, 0) is 0 Å². The molecule has 76 valence electrons. The van der Waals surface area contributed by atoms with Crippen LogP contribution in [0.15, 0.2) is 10.6 Å². The molecule has 3 nitrogen and oxygen atoms in total. The van der Waals surface area contributed by atoms with Gasteiger partial charge in [0.15, 0.2) is 0 Å². The largest absolute Gasteiger partial charge is 0.394 e. The van der Waals surface area contributed by atoms with Gasteiger partial charge in [-0.3, -0.25) is 4.90 Å². The molecular formula is C8H13Cl2NO2. The highest BCUT2D eigenvalue weighted by atomic mass is 35.5. The van der Waals surface area contributed by atoms with E-state index in [2.05, 4.69) is 4.90 Å². The lowest BCUT2D eigenvalue weighted by atomic mass is 10.3. The third-order valence-corrected chi connectivity index (χ3v) is 2.52. The Labute approximate surface area is 87.9 Å². The second-order valence-corrected chi connectivity index (χ2v) is 3.67. The Morgan fingerprint density at radius 2 is 2.46 bits per heavy atom. The van der Waals surface area contributed by atoms with E-state index < -0.39 is 0 Å². The van der Waals surface area contributed by atoms with Crippen molar-refractivity contribution in [2.24, 2.45) is 0 Å². The molecule has 1 saturated heterocycles. The molecule has 0 bridgehead atoms. The van der Waals surface area contributed by atoms with Gasteiger partial charge in [0.05, 0.1) is 19.3 Å². The summed E-state index contributed by atoms with van der Waals surface area (Å²) < 4.78 is 5.29. The molecule has 13 heavy (non-hydrogen) atoms. The summed E-state index contributed by atoms with van der Waals surface area (Å²) in [6.45, 7) is 2.86. The van der Waals surface area contributed by atoms with Gasteiger partial charge in [-0.15, -0.1) is 0 Å². The van der Waals surface area contributed by atoms with Crippen molar-refractivity contribution in [1.29, 1.82) is 0 Å². The number of rotatable bonds is 3. The maximum atomic E-state index is 8.87. The summed E-state index contributed by atoms with van der Waals surface area (Å²) in [5.74, 6) is 0. The van der Waals surface area contributed by atoms with E-state index in [-0.39, 0.29) is 12.7 Å². The fraction of sp³-hybridized carbons (Fsp3) is 0.750. The van der Waals surface area contributed by atoms with Gasteiger partial charge < -0.3 is 9.84 Å². The number of ether oxygens (including phenoxy) is 1. The van der Waals surface area contributed by atoms with Crippen LogP contribution in [0, 0.1) is 0 Å². The third kappa shape index (κ3) is 3.83. The van der Waals surface area contributed by atoms with Crippen molar-refractivity contribution in [3.63, 3.8) is 0 Å². The van der Waals surface area contributed by atoms with Gasteiger partial charge in [-0.25, -0.2) is 0 Å².